The van der Waals surface area contributed by atoms with E-state index in [0.29, 0.717) is 12.5 Å². The second kappa shape index (κ2) is 3.06. The van der Waals surface area contributed by atoms with Gasteiger partial charge in [-0.3, -0.25) is 0 Å². The summed E-state index contributed by atoms with van der Waals surface area (Å²) in [5, 5.41) is 10.7. The molecule has 68 valence electrons. The molecule has 0 aliphatic rings. The molecule has 0 spiro atoms. The van der Waals surface area contributed by atoms with E-state index >= 15 is 0 Å². The van der Waals surface area contributed by atoms with Crippen molar-refractivity contribution in [1.29, 1.82) is 0 Å². The minimum absolute atomic E-state index is 0.302. The fraction of sp³-hybridized carbons (Fsp3) is 0.833. The first-order valence-corrected chi connectivity index (χ1v) is 3.62. The molecule has 0 bridgehead atoms. The van der Waals surface area contributed by atoms with Crippen LogP contribution in [0.4, 0.5) is 5.95 Å². The number of methoxy groups -OCH3 is 1. The molecule has 0 atom stereocenters. The number of nitrogen functional groups attached to an aromatic ring is 1. The van der Waals surface area contributed by atoms with Crippen molar-refractivity contribution in [2.75, 3.05) is 12.8 Å². The molecule has 12 heavy (non-hydrogen) atoms. The predicted octanol–water partition coefficient (Wildman–Crippen LogP) is -0.320. The number of nitrogens with zero attached hydrogens (tertiary/aromatic N) is 4. The zero-order valence-electron chi connectivity index (χ0n) is 7.48. The van der Waals surface area contributed by atoms with E-state index < -0.39 is 0 Å². The van der Waals surface area contributed by atoms with Crippen molar-refractivity contribution in [3.8, 4) is 0 Å². The van der Waals surface area contributed by atoms with Crippen LogP contribution in [0, 0.1) is 0 Å². The van der Waals surface area contributed by atoms with E-state index in [-0.39, 0.29) is 5.60 Å². The Morgan fingerprint density at radius 3 is 2.67 bits per heavy atom. The maximum atomic E-state index is 5.47. The van der Waals surface area contributed by atoms with E-state index in [0.717, 1.165) is 0 Å². The zero-order chi connectivity index (χ0) is 9.19. The Morgan fingerprint density at radius 1 is 1.58 bits per heavy atom. The molecular weight excluding hydrogens is 158 g/mol. The van der Waals surface area contributed by atoms with E-state index in [4.69, 9.17) is 10.5 Å². The summed E-state index contributed by atoms with van der Waals surface area (Å²) in [4.78, 5) is 0. The molecule has 6 heteroatoms. The van der Waals surface area contributed by atoms with Gasteiger partial charge in [-0.05, 0) is 24.3 Å². The van der Waals surface area contributed by atoms with Crippen molar-refractivity contribution in [2.45, 2.75) is 26.0 Å². The molecule has 0 aliphatic carbocycles. The number of tetrazole rings is 1. The molecule has 0 unspecified atom stereocenters. The monoisotopic (exact) mass is 171 g/mol. The van der Waals surface area contributed by atoms with Crippen LogP contribution >= 0.6 is 0 Å². The van der Waals surface area contributed by atoms with Crippen LogP contribution in [0.1, 0.15) is 13.8 Å². The van der Waals surface area contributed by atoms with Crippen molar-refractivity contribution < 1.29 is 4.74 Å². The maximum Gasteiger partial charge on any atom is 0.240 e. The summed E-state index contributed by atoms with van der Waals surface area (Å²) in [6, 6.07) is 0. The number of ether oxygens (including phenoxy) is 1. The van der Waals surface area contributed by atoms with Crippen molar-refractivity contribution >= 4 is 5.95 Å². The standard InChI is InChI=1S/C6H13N5O/c1-6(2,12-3)4-11-5(7)8-9-10-11/h4H2,1-3H3,(H2,7,8,10). The van der Waals surface area contributed by atoms with E-state index in [9.17, 15) is 0 Å². The number of nitrogens with two attached hydrogens (primary N) is 1. The molecule has 1 heterocycles. The number of hydrogen-bond donors (Lipinski definition) is 1. The highest BCUT2D eigenvalue weighted by Gasteiger charge is 2.19. The normalized spacial score (nSPS) is 11.9. The quantitative estimate of drug-likeness (QED) is 0.674. The Kier molecular flexibility index (Phi) is 2.27. The SMILES string of the molecule is COC(C)(C)Cn1nnnc1N. The Labute approximate surface area is 70.7 Å². The second-order valence-electron chi connectivity index (χ2n) is 3.16. The summed E-state index contributed by atoms with van der Waals surface area (Å²) in [6.45, 7) is 4.42. The largest absolute Gasteiger partial charge is 0.377 e. The van der Waals surface area contributed by atoms with Gasteiger partial charge < -0.3 is 10.5 Å². The van der Waals surface area contributed by atoms with Crippen molar-refractivity contribution in [3.05, 3.63) is 0 Å². The van der Waals surface area contributed by atoms with Crippen LogP contribution in [0.5, 0.6) is 0 Å². The third-order valence-corrected chi connectivity index (χ3v) is 1.64. The third kappa shape index (κ3) is 1.91. The molecule has 0 aromatic carbocycles. The van der Waals surface area contributed by atoms with Gasteiger partial charge in [0.05, 0.1) is 12.1 Å². The van der Waals surface area contributed by atoms with Gasteiger partial charge >= 0.3 is 0 Å². The lowest BCUT2D eigenvalue weighted by atomic mass is 10.1. The first-order valence-electron chi connectivity index (χ1n) is 3.62. The van der Waals surface area contributed by atoms with E-state index in [2.05, 4.69) is 15.5 Å². The van der Waals surface area contributed by atoms with E-state index in [1.807, 2.05) is 13.8 Å². The van der Waals surface area contributed by atoms with Gasteiger partial charge in [0.1, 0.15) is 0 Å². The Bertz CT molecular complexity index is 256. The summed E-state index contributed by atoms with van der Waals surface area (Å²) < 4.78 is 6.70. The molecule has 1 aromatic rings. The van der Waals surface area contributed by atoms with Crippen LogP contribution in [-0.2, 0) is 11.3 Å². The van der Waals surface area contributed by atoms with Crippen LogP contribution < -0.4 is 5.73 Å². The van der Waals surface area contributed by atoms with Gasteiger partial charge in [0.15, 0.2) is 0 Å². The molecule has 0 saturated heterocycles. The first-order chi connectivity index (χ1) is 5.55. The van der Waals surface area contributed by atoms with Crippen LogP contribution in [0.25, 0.3) is 0 Å². The molecular formula is C6H13N5O. The Hall–Kier alpha value is -1.17. The topological polar surface area (TPSA) is 78.8 Å². The molecule has 0 radical (unpaired) electrons. The number of rotatable bonds is 3. The summed E-state index contributed by atoms with van der Waals surface area (Å²) in [7, 11) is 1.64. The molecule has 6 nitrogen and oxygen atoms in total. The van der Waals surface area contributed by atoms with E-state index in [1.165, 1.54) is 4.68 Å². The minimum atomic E-state index is -0.302. The highest BCUT2D eigenvalue weighted by Crippen LogP contribution is 2.10. The summed E-state index contributed by atoms with van der Waals surface area (Å²) in [5.74, 6) is 0.306. The fourth-order valence-electron chi connectivity index (χ4n) is 0.749. The lowest BCUT2D eigenvalue weighted by Gasteiger charge is -2.21. The minimum Gasteiger partial charge on any atom is -0.377 e. The first kappa shape index (κ1) is 8.92. The molecule has 1 rings (SSSR count). The highest BCUT2D eigenvalue weighted by atomic mass is 16.5. The van der Waals surface area contributed by atoms with Crippen LogP contribution in [0.15, 0.2) is 0 Å². The van der Waals surface area contributed by atoms with Gasteiger partial charge in [-0.2, -0.15) is 0 Å². The highest BCUT2D eigenvalue weighted by molar-refractivity contribution is 5.10. The average molecular weight is 171 g/mol. The predicted molar refractivity (Wildman–Crippen MR) is 43.3 cm³/mol. The van der Waals surface area contributed by atoms with Crippen molar-refractivity contribution in [3.63, 3.8) is 0 Å². The van der Waals surface area contributed by atoms with Gasteiger partial charge in [0, 0.05) is 7.11 Å². The Balaban J connectivity index is 2.70. The number of hydrogen-bond acceptors (Lipinski definition) is 5. The number of anilines is 1. The summed E-state index contributed by atoms with van der Waals surface area (Å²) >= 11 is 0. The maximum absolute atomic E-state index is 5.47. The summed E-state index contributed by atoms with van der Waals surface area (Å²) in [5.41, 5.74) is 5.17. The van der Waals surface area contributed by atoms with Crippen LogP contribution in [0.3, 0.4) is 0 Å². The smallest absolute Gasteiger partial charge is 0.240 e. The molecule has 2 N–H and O–H groups in total. The second-order valence-corrected chi connectivity index (χ2v) is 3.16. The van der Waals surface area contributed by atoms with Crippen molar-refractivity contribution in [1.82, 2.24) is 20.2 Å². The Morgan fingerprint density at radius 2 is 2.25 bits per heavy atom. The fourth-order valence-corrected chi connectivity index (χ4v) is 0.749. The van der Waals surface area contributed by atoms with Gasteiger partial charge in [-0.25, -0.2) is 4.68 Å². The van der Waals surface area contributed by atoms with Gasteiger partial charge in [-0.15, -0.1) is 0 Å². The van der Waals surface area contributed by atoms with Gasteiger partial charge in [0.25, 0.3) is 0 Å². The lowest BCUT2D eigenvalue weighted by molar-refractivity contribution is 0.00551. The molecule has 0 aliphatic heterocycles. The molecule has 0 fully saturated rings. The van der Waals surface area contributed by atoms with Crippen LogP contribution in [0.2, 0.25) is 0 Å². The lowest BCUT2D eigenvalue weighted by Crippen LogP contribution is -2.30. The van der Waals surface area contributed by atoms with Gasteiger partial charge in [-0.1, -0.05) is 5.10 Å². The van der Waals surface area contributed by atoms with Crippen molar-refractivity contribution in [2.24, 2.45) is 0 Å². The van der Waals surface area contributed by atoms with Gasteiger partial charge in [0.2, 0.25) is 5.95 Å². The number of aromatic nitrogens is 4. The summed E-state index contributed by atoms with van der Waals surface area (Å²) in [6.07, 6.45) is 0. The van der Waals surface area contributed by atoms with Crippen LogP contribution in [-0.4, -0.2) is 32.9 Å². The average Bonchev–Trinajstić information content (AvgIpc) is 2.36. The molecule has 1 aromatic heterocycles. The molecule has 0 saturated carbocycles. The zero-order valence-corrected chi connectivity index (χ0v) is 7.48. The third-order valence-electron chi connectivity index (χ3n) is 1.64. The van der Waals surface area contributed by atoms with E-state index in [1.54, 1.807) is 7.11 Å². The molecule has 0 amide bonds.